The van der Waals surface area contributed by atoms with Crippen molar-refractivity contribution >= 4 is 35.1 Å². The summed E-state index contributed by atoms with van der Waals surface area (Å²) in [6, 6.07) is 19.2. The molecule has 0 heterocycles. The number of ether oxygens (including phenoxy) is 3. The minimum Gasteiger partial charge on any atom is -0.492 e. The van der Waals surface area contributed by atoms with E-state index in [1.807, 2.05) is 38.1 Å². The van der Waals surface area contributed by atoms with Crippen LogP contribution >= 0.6 is 23.2 Å². The lowest BCUT2D eigenvalue weighted by Crippen LogP contribution is -2.25. The number of rotatable bonds is 13. The van der Waals surface area contributed by atoms with Gasteiger partial charge in [0.15, 0.2) is 0 Å². The Labute approximate surface area is 235 Å². The third-order valence-corrected chi connectivity index (χ3v) is 6.93. The molecule has 0 fully saturated rings. The van der Waals surface area contributed by atoms with E-state index in [1.54, 1.807) is 42.5 Å². The summed E-state index contributed by atoms with van der Waals surface area (Å²) in [6.45, 7) is 6.51. The number of hydrogen-bond donors (Lipinski definition) is 0. The van der Waals surface area contributed by atoms with Gasteiger partial charge in [-0.3, -0.25) is 4.79 Å². The van der Waals surface area contributed by atoms with Crippen LogP contribution in [0.1, 0.15) is 63.2 Å². The molecule has 0 aliphatic carbocycles. The van der Waals surface area contributed by atoms with Crippen molar-refractivity contribution in [3.05, 3.63) is 77.3 Å². The second-order valence-corrected chi connectivity index (χ2v) is 10.3. The van der Waals surface area contributed by atoms with Crippen molar-refractivity contribution in [2.75, 3.05) is 6.61 Å². The molecule has 1 atom stereocenters. The van der Waals surface area contributed by atoms with Crippen LogP contribution < -0.4 is 14.2 Å². The molecule has 38 heavy (non-hydrogen) atoms. The van der Waals surface area contributed by atoms with Gasteiger partial charge in [0.05, 0.1) is 17.2 Å². The van der Waals surface area contributed by atoms with Crippen molar-refractivity contribution in [1.29, 1.82) is 0 Å². The first-order valence-electron chi connectivity index (χ1n) is 13.0. The third-order valence-electron chi connectivity index (χ3n) is 5.95. The van der Waals surface area contributed by atoms with E-state index in [9.17, 15) is 9.59 Å². The molecule has 1 unspecified atom stereocenters. The lowest BCUT2D eigenvalue weighted by molar-refractivity contribution is -0.134. The Morgan fingerprint density at radius 3 is 1.92 bits per heavy atom. The highest BCUT2D eigenvalue weighted by Crippen LogP contribution is 2.28. The SMILES string of the molecule is CCCCCCCOc1ccc(C(=O)Oc2ccc(-c3ccc(OC(=O)C(Cl)C(C)C)cc3)cc2)cc1Cl. The van der Waals surface area contributed by atoms with Gasteiger partial charge in [0, 0.05) is 0 Å². The van der Waals surface area contributed by atoms with E-state index in [4.69, 9.17) is 37.4 Å². The van der Waals surface area contributed by atoms with Crippen LogP contribution in [0, 0.1) is 5.92 Å². The summed E-state index contributed by atoms with van der Waals surface area (Å²) in [4.78, 5) is 24.7. The molecule has 0 N–H and O–H groups in total. The third kappa shape index (κ3) is 8.78. The molecule has 0 aliphatic rings. The average molecular weight is 558 g/mol. The predicted molar refractivity (Wildman–Crippen MR) is 153 cm³/mol. The number of halogens is 2. The smallest absolute Gasteiger partial charge is 0.343 e. The van der Waals surface area contributed by atoms with Crippen LogP contribution in [0.2, 0.25) is 5.02 Å². The molecule has 3 aromatic rings. The molecule has 0 spiro atoms. The van der Waals surface area contributed by atoms with Gasteiger partial charge < -0.3 is 14.2 Å². The van der Waals surface area contributed by atoms with Crippen molar-refractivity contribution < 1.29 is 23.8 Å². The first-order chi connectivity index (χ1) is 18.3. The Morgan fingerprint density at radius 2 is 1.37 bits per heavy atom. The van der Waals surface area contributed by atoms with Crippen LogP contribution in [-0.2, 0) is 4.79 Å². The fourth-order valence-corrected chi connectivity index (χ4v) is 3.95. The maximum Gasteiger partial charge on any atom is 0.343 e. The molecule has 0 aromatic heterocycles. The van der Waals surface area contributed by atoms with Gasteiger partial charge in [0.2, 0.25) is 0 Å². The predicted octanol–water partition coefficient (Wildman–Crippen LogP) is 8.74. The molecule has 0 aliphatic heterocycles. The van der Waals surface area contributed by atoms with E-state index in [0.29, 0.717) is 34.4 Å². The Hall–Kier alpha value is -3.02. The summed E-state index contributed by atoms with van der Waals surface area (Å²) in [7, 11) is 0. The second-order valence-electron chi connectivity index (χ2n) is 9.41. The van der Waals surface area contributed by atoms with Gasteiger partial charge in [-0.05, 0) is 65.9 Å². The lowest BCUT2D eigenvalue weighted by Gasteiger charge is -2.12. The van der Waals surface area contributed by atoms with Gasteiger partial charge in [-0.25, -0.2) is 4.79 Å². The van der Waals surface area contributed by atoms with Crippen LogP contribution in [0.3, 0.4) is 0 Å². The highest BCUT2D eigenvalue weighted by Gasteiger charge is 2.21. The summed E-state index contributed by atoms with van der Waals surface area (Å²) in [6.07, 6.45) is 5.75. The molecule has 7 heteroatoms. The average Bonchev–Trinajstić information content (AvgIpc) is 2.91. The topological polar surface area (TPSA) is 61.8 Å². The van der Waals surface area contributed by atoms with Crippen LogP contribution in [-0.4, -0.2) is 23.9 Å². The fraction of sp³-hybridized carbons (Fsp3) is 0.355. The molecule has 202 valence electrons. The molecule has 0 bridgehead atoms. The standard InChI is InChI=1S/C31H34Cl2O5/c1-4-5-6-7-8-19-36-28-18-13-24(20-27(28)32)30(34)37-25-14-9-22(10-15-25)23-11-16-26(17-12-23)38-31(35)29(33)21(2)3/h9-18,20-21,29H,4-8,19H2,1-3H3. The van der Waals surface area contributed by atoms with Crippen LogP contribution in [0.5, 0.6) is 17.2 Å². The van der Waals surface area contributed by atoms with Gasteiger partial charge in [0.1, 0.15) is 22.6 Å². The lowest BCUT2D eigenvalue weighted by atomic mass is 10.1. The number of esters is 2. The Kier molecular flexibility index (Phi) is 11.5. The van der Waals surface area contributed by atoms with Gasteiger partial charge in [-0.1, -0.05) is 82.3 Å². The van der Waals surface area contributed by atoms with Crippen molar-refractivity contribution in [1.82, 2.24) is 0 Å². The Bertz CT molecular complexity index is 1190. The molecular formula is C31H34Cl2O5. The van der Waals surface area contributed by atoms with Gasteiger partial charge in [-0.15, -0.1) is 11.6 Å². The molecule has 0 saturated heterocycles. The molecular weight excluding hydrogens is 523 g/mol. The molecule has 0 radical (unpaired) electrons. The summed E-state index contributed by atoms with van der Waals surface area (Å²) in [5, 5.41) is -0.319. The molecule has 0 saturated carbocycles. The summed E-state index contributed by atoms with van der Waals surface area (Å²) in [5.74, 6) is 0.410. The van der Waals surface area contributed by atoms with E-state index in [2.05, 4.69) is 6.92 Å². The molecule has 0 amide bonds. The number of hydrogen-bond acceptors (Lipinski definition) is 5. The molecule has 3 aromatic carbocycles. The normalized spacial score (nSPS) is 11.7. The van der Waals surface area contributed by atoms with Crippen molar-refractivity contribution in [2.24, 2.45) is 5.92 Å². The zero-order valence-electron chi connectivity index (χ0n) is 22.0. The van der Waals surface area contributed by atoms with E-state index in [1.165, 1.54) is 19.3 Å². The first kappa shape index (κ1) is 29.5. The van der Waals surface area contributed by atoms with E-state index in [0.717, 1.165) is 24.0 Å². The number of alkyl halides is 1. The highest BCUT2D eigenvalue weighted by molar-refractivity contribution is 6.32. The minimum atomic E-state index is -0.697. The van der Waals surface area contributed by atoms with Gasteiger partial charge >= 0.3 is 11.9 Å². The number of unbranched alkanes of at least 4 members (excludes halogenated alkanes) is 4. The zero-order valence-corrected chi connectivity index (χ0v) is 23.6. The monoisotopic (exact) mass is 556 g/mol. The zero-order chi connectivity index (χ0) is 27.5. The molecule has 3 rings (SSSR count). The van der Waals surface area contributed by atoms with Gasteiger partial charge in [0.25, 0.3) is 0 Å². The maximum absolute atomic E-state index is 12.6. The second kappa shape index (κ2) is 14.8. The highest BCUT2D eigenvalue weighted by atomic mass is 35.5. The van der Waals surface area contributed by atoms with E-state index in [-0.39, 0.29) is 5.92 Å². The maximum atomic E-state index is 12.6. The van der Waals surface area contributed by atoms with Crippen LogP contribution in [0.4, 0.5) is 0 Å². The van der Waals surface area contributed by atoms with E-state index >= 15 is 0 Å². The van der Waals surface area contributed by atoms with Crippen LogP contribution in [0.25, 0.3) is 11.1 Å². The summed E-state index contributed by atoms with van der Waals surface area (Å²) >= 11 is 12.4. The summed E-state index contributed by atoms with van der Waals surface area (Å²) in [5.41, 5.74) is 2.18. The van der Waals surface area contributed by atoms with Crippen molar-refractivity contribution in [2.45, 2.75) is 58.3 Å². The van der Waals surface area contributed by atoms with E-state index < -0.39 is 17.3 Å². The fourth-order valence-electron chi connectivity index (χ4n) is 3.67. The van der Waals surface area contributed by atoms with Gasteiger partial charge in [-0.2, -0.15) is 0 Å². The van der Waals surface area contributed by atoms with Crippen molar-refractivity contribution in [3.8, 4) is 28.4 Å². The largest absolute Gasteiger partial charge is 0.492 e. The Morgan fingerprint density at radius 1 is 0.789 bits per heavy atom. The minimum absolute atomic E-state index is 0.0173. The summed E-state index contributed by atoms with van der Waals surface area (Å²) < 4.78 is 16.6. The molecule has 5 nitrogen and oxygen atoms in total. The Balaban J connectivity index is 1.54. The van der Waals surface area contributed by atoms with Crippen molar-refractivity contribution in [3.63, 3.8) is 0 Å². The number of carbonyl (C=O) groups is 2. The quantitative estimate of drug-likeness (QED) is 0.0910. The number of benzene rings is 3. The van der Waals surface area contributed by atoms with Crippen LogP contribution in [0.15, 0.2) is 66.7 Å². The number of carbonyl (C=O) groups excluding carboxylic acids is 2. The first-order valence-corrected chi connectivity index (χ1v) is 13.8.